The Morgan fingerprint density at radius 1 is 1.14 bits per heavy atom. The van der Waals surface area contributed by atoms with Crippen LogP contribution in [0.3, 0.4) is 0 Å². The van der Waals surface area contributed by atoms with Gasteiger partial charge in [-0.15, -0.1) is 0 Å². The van der Waals surface area contributed by atoms with Crippen LogP contribution in [-0.4, -0.2) is 43.5 Å². The topological polar surface area (TPSA) is 109 Å². The molecule has 0 aliphatic rings. The number of hydrogen-bond donors (Lipinski definition) is 3. The van der Waals surface area contributed by atoms with Gasteiger partial charge in [-0.25, -0.2) is 13.1 Å². The molecule has 0 amide bonds. The van der Waals surface area contributed by atoms with E-state index in [9.17, 15) is 8.42 Å². The van der Waals surface area contributed by atoms with E-state index in [1.807, 2.05) is 30.3 Å². The smallest absolute Gasteiger partial charge is 0.228 e. The summed E-state index contributed by atoms with van der Waals surface area (Å²) in [7, 11) is -2.04. The number of benzene rings is 1. The van der Waals surface area contributed by atoms with Crippen molar-refractivity contribution in [1.82, 2.24) is 25.0 Å². The second-order valence-corrected chi connectivity index (χ2v) is 5.69. The van der Waals surface area contributed by atoms with E-state index < -0.39 is 10.0 Å². The number of nitrogens with one attached hydrogen (secondary N) is 3. The molecule has 0 atom stereocenters. The zero-order valence-corrected chi connectivity index (χ0v) is 15.6. The molecule has 0 saturated heterocycles. The fraction of sp³-hybridized carbons (Fsp3) is 0.250. The predicted molar refractivity (Wildman–Crippen MR) is 77.5 cm³/mol. The largest absolute Gasteiger partial charge is 0.378 e. The summed E-state index contributed by atoms with van der Waals surface area (Å²) in [6, 6.07) is 9.16. The fourth-order valence-corrected chi connectivity index (χ4v) is 2.32. The molecule has 2 aromatic rings. The monoisotopic (exact) mass is 396 g/mol. The average molecular weight is 396 g/mol. The van der Waals surface area contributed by atoms with Crippen molar-refractivity contribution >= 4 is 21.7 Å². The van der Waals surface area contributed by atoms with Crippen molar-refractivity contribution in [3.63, 3.8) is 0 Å². The van der Waals surface area contributed by atoms with E-state index in [-0.39, 0.29) is 50.4 Å². The normalized spacial score (nSPS) is 10.8. The molecule has 10 heteroatoms. The number of aromatic nitrogens is 3. The van der Waals surface area contributed by atoms with Crippen LogP contribution >= 0.6 is 0 Å². The van der Waals surface area contributed by atoms with Gasteiger partial charge in [0.15, 0.2) is 5.16 Å². The Bertz CT molecular complexity index is 683. The maximum absolute atomic E-state index is 12.0. The van der Waals surface area contributed by atoms with Crippen LogP contribution in [0.1, 0.15) is 0 Å². The Hall–Kier alpha value is -0.996. The van der Waals surface area contributed by atoms with Crippen LogP contribution in [0.4, 0.5) is 11.6 Å². The quantitative estimate of drug-likeness (QED) is 0.443. The first kappa shape index (κ1) is 19.1. The van der Waals surface area contributed by atoms with Crippen molar-refractivity contribution in [1.29, 1.82) is 0 Å². The van der Waals surface area contributed by atoms with Crippen molar-refractivity contribution in [3.8, 4) is 0 Å². The van der Waals surface area contributed by atoms with E-state index in [0.29, 0.717) is 6.54 Å². The maximum Gasteiger partial charge on any atom is 0.228 e. The van der Waals surface area contributed by atoms with E-state index in [4.69, 9.17) is 0 Å². The number of hydrogen-bond acceptors (Lipinski definition) is 7. The van der Waals surface area contributed by atoms with Gasteiger partial charge in [0, 0.05) is 57.8 Å². The molecule has 115 valence electrons. The molecule has 1 heterocycles. The number of anilines is 2. The van der Waals surface area contributed by atoms with Crippen LogP contribution in [0.25, 0.3) is 0 Å². The van der Waals surface area contributed by atoms with Gasteiger partial charge in [-0.3, -0.25) is 0 Å². The van der Waals surface area contributed by atoms with Gasteiger partial charge in [-0.2, -0.15) is 0 Å². The molecule has 0 unspecified atom stereocenters. The van der Waals surface area contributed by atoms with Crippen LogP contribution in [0.15, 0.2) is 35.5 Å². The van der Waals surface area contributed by atoms with Crippen molar-refractivity contribution in [2.75, 3.05) is 25.5 Å². The van der Waals surface area contributed by atoms with Crippen molar-refractivity contribution in [2.24, 2.45) is 0 Å². The van der Waals surface area contributed by atoms with Gasteiger partial charge < -0.3 is 25.6 Å². The molecule has 0 aliphatic carbocycles. The second-order valence-electron chi connectivity index (χ2n) is 4.03. The fourth-order valence-electron chi connectivity index (χ4n) is 1.46. The molecule has 22 heavy (non-hydrogen) atoms. The minimum Gasteiger partial charge on any atom is -0.378 e. The van der Waals surface area contributed by atoms with E-state index in [2.05, 4.69) is 36.6 Å². The number of sulfonamides is 1. The van der Waals surface area contributed by atoms with Gasteiger partial charge in [0.25, 0.3) is 0 Å². The Morgan fingerprint density at radius 3 is 2.55 bits per heavy atom. The first-order chi connectivity index (χ1) is 10.1. The van der Waals surface area contributed by atoms with Crippen LogP contribution in [0.5, 0.6) is 0 Å². The summed E-state index contributed by atoms with van der Waals surface area (Å²) in [6.45, 7) is 0.745. The Labute approximate surface area is 154 Å². The van der Waals surface area contributed by atoms with Gasteiger partial charge in [-0.05, 0) is 19.2 Å². The Balaban J connectivity index is 0.00000242. The van der Waals surface area contributed by atoms with E-state index >= 15 is 0 Å². The van der Waals surface area contributed by atoms with E-state index in [1.54, 1.807) is 7.05 Å². The minimum absolute atomic E-state index is 0. The number of likely N-dealkylation sites (N-methyl/N-ethyl adjacent to an activating group) is 1. The summed E-state index contributed by atoms with van der Waals surface area (Å²) in [6.07, 6.45) is 2.29. The molecule has 0 spiro atoms. The van der Waals surface area contributed by atoms with Crippen LogP contribution < -0.4 is 15.4 Å². The standard InChI is InChI=1S/C12H15N6O2S.Y/c1-13-7-8-16-21(19,20)12-15-9-14-11(18-12)17-10-5-3-2-4-6-10;/h2-6,13,16H,7-8H2,1H3,(H,14,15,17,18);/q-1;. The first-order valence-electron chi connectivity index (χ1n) is 6.20. The molecule has 1 aromatic heterocycles. The van der Waals surface area contributed by atoms with Crippen LogP contribution in [-0.2, 0) is 42.7 Å². The van der Waals surface area contributed by atoms with Crippen LogP contribution in [0.2, 0.25) is 0 Å². The molecule has 0 fully saturated rings. The summed E-state index contributed by atoms with van der Waals surface area (Å²) in [5, 5.41) is 5.35. The summed E-state index contributed by atoms with van der Waals surface area (Å²) >= 11 is 0. The molecule has 1 aromatic carbocycles. The third-order valence-corrected chi connectivity index (χ3v) is 3.69. The van der Waals surface area contributed by atoms with Crippen LogP contribution in [0, 0.1) is 6.33 Å². The zero-order valence-electron chi connectivity index (χ0n) is 11.9. The third-order valence-electron chi connectivity index (χ3n) is 2.44. The van der Waals surface area contributed by atoms with Gasteiger partial charge in [0.2, 0.25) is 10.0 Å². The van der Waals surface area contributed by atoms with E-state index in [1.165, 1.54) is 0 Å². The zero-order chi connectivity index (χ0) is 15.1. The summed E-state index contributed by atoms with van der Waals surface area (Å²) in [4.78, 5) is 11.2. The van der Waals surface area contributed by atoms with Gasteiger partial charge in [0.1, 0.15) is 5.95 Å². The first-order valence-corrected chi connectivity index (χ1v) is 7.68. The molecular formula is C12H15N6O2SY-. The predicted octanol–water partition coefficient (Wildman–Crippen LogP) is -0.0894. The maximum atomic E-state index is 12.0. The Kier molecular flexibility index (Phi) is 7.98. The molecule has 0 saturated carbocycles. The molecular weight excluding hydrogens is 381 g/mol. The second kappa shape index (κ2) is 9.21. The van der Waals surface area contributed by atoms with Gasteiger partial charge >= 0.3 is 0 Å². The molecule has 1 radical (unpaired) electrons. The summed E-state index contributed by atoms with van der Waals surface area (Å²) in [5.41, 5.74) is 0.739. The molecule has 0 bridgehead atoms. The Morgan fingerprint density at radius 2 is 1.86 bits per heavy atom. The molecule has 8 nitrogen and oxygen atoms in total. The third kappa shape index (κ3) is 5.66. The number of para-hydroxylation sites is 1. The van der Waals surface area contributed by atoms with Gasteiger partial charge in [-0.1, -0.05) is 18.2 Å². The van der Waals surface area contributed by atoms with Crippen molar-refractivity contribution < 1.29 is 41.1 Å². The molecule has 3 N–H and O–H groups in total. The summed E-state index contributed by atoms with van der Waals surface area (Å²) < 4.78 is 26.3. The number of nitrogens with zero attached hydrogens (tertiary/aromatic N) is 3. The summed E-state index contributed by atoms with van der Waals surface area (Å²) in [5.74, 6) is 0.116. The van der Waals surface area contributed by atoms with Crippen molar-refractivity contribution in [3.05, 3.63) is 36.7 Å². The molecule has 2 rings (SSSR count). The van der Waals surface area contributed by atoms with Gasteiger partial charge in [0.05, 0.1) is 0 Å². The SMILES string of the molecule is CNCCNS(=O)(=O)c1n[c-]nc(Nc2ccccc2)n1.[Y]. The molecule has 0 aliphatic heterocycles. The van der Waals surface area contributed by atoms with Crippen molar-refractivity contribution in [2.45, 2.75) is 5.16 Å². The minimum atomic E-state index is -3.77. The number of rotatable bonds is 7. The average Bonchev–Trinajstić information content (AvgIpc) is 2.49. The van der Waals surface area contributed by atoms with E-state index in [0.717, 1.165) is 5.69 Å².